The van der Waals surface area contributed by atoms with E-state index >= 15 is 0 Å². The van der Waals surface area contributed by atoms with Gasteiger partial charge in [-0.25, -0.2) is 0 Å². The predicted octanol–water partition coefficient (Wildman–Crippen LogP) is 12.7. The molecule has 1 aromatic heterocycles. The van der Waals surface area contributed by atoms with Crippen LogP contribution in [0.15, 0.2) is 113 Å². The first-order valence-electron chi connectivity index (χ1n) is 19.1. The number of hydrogen-bond donors (Lipinski definition) is 0. The third kappa shape index (κ3) is 5.50. The van der Waals surface area contributed by atoms with Crippen molar-refractivity contribution >= 4 is 28.6 Å². The van der Waals surface area contributed by atoms with Crippen LogP contribution in [0.3, 0.4) is 0 Å². The summed E-state index contributed by atoms with van der Waals surface area (Å²) >= 11 is 1.81. The molecule has 1 saturated carbocycles. The second-order valence-corrected chi connectivity index (χ2v) is 17.9. The first-order valence-corrected chi connectivity index (χ1v) is 20.3. The van der Waals surface area contributed by atoms with Crippen LogP contribution < -0.4 is 18.9 Å². The van der Waals surface area contributed by atoms with Crippen LogP contribution in [0.25, 0.3) is 39.3 Å². The van der Waals surface area contributed by atoms with Crippen LogP contribution in [0.4, 0.5) is 0 Å². The number of hydrogen-bond acceptors (Lipinski definition) is 6. The Morgan fingerprint density at radius 3 is 1.89 bits per heavy atom. The topological polar surface area (TPSA) is 50.1 Å². The standard InChI is InChI=1S/C49H48O5S/c1-46(2)27-47(3,4)29-48(28-46)40-24-34(55-8)19-20-35(40)43-37-25-39(41-10-9-23-53-41)42(52-7)26-38(37)45-36(44(43)48)21-22-49(54-45,30-11-15-32(50-5)16-12-30)31-13-17-33(51-6)18-14-31/h9-26H,27-29H2,1-8H3. The van der Waals surface area contributed by atoms with Crippen molar-refractivity contribution in [3.8, 4) is 45.4 Å². The molecule has 6 aromatic rings. The van der Waals surface area contributed by atoms with Crippen molar-refractivity contribution in [3.63, 3.8) is 0 Å². The van der Waals surface area contributed by atoms with Gasteiger partial charge in [0.1, 0.15) is 28.8 Å². The van der Waals surface area contributed by atoms with Crippen molar-refractivity contribution in [3.05, 3.63) is 131 Å². The number of furan rings is 1. The summed E-state index contributed by atoms with van der Waals surface area (Å²) in [6, 6.07) is 32.0. The zero-order valence-corrected chi connectivity index (χ0v) is 33.8. The third-order valence-electron chi connectivity index (χ3n) is 12.2. The Morgan fingerprint density at radius 2 is 1.33 bits per heavy atom. The average Bonchev–Trinajstić information content (AvgIpc) is 3.81. The van der Waals surface area contributed by atoms with Crippen LogP contribution in [-0.4, -0.2) is 27.6 Å². The molecule has 2 heterocycles. The summed E-state index contributed by atoms with van der Waals surface area (Å²) in [5.74, 6) is 3.93. The number of thioether (sulfide) groups is 1. The highest BCUT2D eigenvalue weighted by molar-refractivity contribution is 7.98. The van der Waals surface area contributed by atoms with Gasteiger partial charge < -0.3 is 23.4 Å². The molecule has 1 spiro atoms. The minimum atomic E-state index is -0.949. The molecular weight excluding hydrogens is 701 g/mol. The summed E-state index contributed by atoms with van der Waals surface area (Å²) in [7, 11) is 5.12. The maximum Gasteiger partial charge on any atom is 0.178 e. The van der Waals surface area contributed by atoms with Crippen LogP contribution in [0.5, 0.6) is 23.0 Å². The van der Waals surface area contributed by atoms with E-state index in [9.17, 15) is 0 Å². The Bertz CT molecular complexity index is 2410. The molecule has 0 amide bonds. The van der Waals surface area contributed by atoms with Gasteiger partial charge in [0.2, 0.25) is 0 Å². The Balaban J connectivity index is 1.42. The lowest BCUT2D eigenvalue weighted by molar-refractivity contribution is 0.0641. The highest BCUT2D eigenvalue weighted by Gasteiger charge is 2.55. The summed E-state index contributed by atoms with van der Waals surface area (Å²) in [6.07, 6.45) is 11.8. The molecule has 0 unspecified atom stereocenters. The molecule has 0 bridgehead atoms. The quantitative estimate of drug-likeness (QED) is 0.152. The van der Waals surface area contributed by atoms with Crippen molar-refractivity contribution < 1.29 is 23.4 Å². The Kier molecular flexibility index (Phi) is 8.25. The van der Waals surface area contributed by atoms with Crippen LogP contribution in [-0.2, 0) is 11.0 Å². The van der Waals surface area contributed by atoms with Gasteiger partial charge in [0.15, 0.2) is 5.60 Å². The van der Waals surface area contributed by atoms with E-state index in [1.54, 1.807) is 27.6 Å². The Hall–Kier alpha value is -5.07. The minimum absolute atomic E-state index is 0.103. The van der Waals surface area contributed by atoms with E-state index in [0.717, 1.165) is 81.0 Å². The normalized spacial score (nSPS) is 18.0. The summed E-state index contributed by atoms with van der Waals surface area (Å²) in [5.41, 5.74) is 8.46. The van der Waals surface area contributed by atoms with Gasteiger partial charge in [0.25, 0.3) is 0 Å². The lowest BCUT2D eigenvalue weighted by atomic mass is 9.52. The minimum Gasteiger partial charge on any atom is -0.497 e. The van der Waals surface area contributed by atoms with Gasteiger partial charge in [0, 0.05) is 32.4 Å². The van der Waals surface area contributed by atoms with E-state index < -0.39 is 5.60 Å². The SMILES string of the molecule is COc1ccc(C2(c3ccc(OC)cc3)C=Cc3c4c(c5cc(-c6ccco6)c(OC)cc5c3O2)-c2ccc(SC)cc2C42CC(C)(C)CC(C)(C)C2)cc1. The lowest BCUT2D eigenvalue weighted by Crippen LogP contribution is -2.44. The second kappa shape index (κ2) is 12.7. The van der Waals surface area contributed by atoms with Gasteiger partial charge in [-0.05, 0) is 131 Å². The van der Waals surface area contributed by atoms with Crippen LogP contribution in [0, 0.1) is 10.8 Å². The predicted molar refractivity (Wildman–Crippen MR) is 224 cm³/mol. The monoisotopic (exact) mass is 748 g/mol. The average molecular weight is 749 g/mol. The Labute approximate surface area is 328 Å². The molecule has 0 N–H and O–H groups in total. The fourth-order valence-corrected chi connectivity index (χ4v) is 11.2. The van der Waals surface area contributed by atoms with Gasteiger partial charge in [-0.3, -0.25) is 0 Å². The molecular formula is C49H48O5S. The molecule has 9 rings (SSSR count). The van der Waals surface area contributed by atoms with E-state index in [1.165, 1.54) is 27.1 Å². The van der Waals surface area contributed by atoms with Crippen molar-refractivity contribution in [2.24, 2.45) is 10.8 Å². The smallest absolute Gasteiger partial charge is 0.178 e. The molecule has 55 heavy (non-hydrogen) atoms. The third-order valence-corrected chi connectivity index (χ3v) is 12.9. The van der Waals surface area contributed by atoms with Gasteiger partial charge in [0.05, 0.1) is 33.2 Å². The first kappa shape index (κ1) is 35.6. The molecule has 5 aromatic carbocycles. The van der Waals surface area contributed by atoms with E-state index in [0.29, 0.717) is 0 Å². The molecule has 1 fully saturated rings. The number of benzene rings is 5. The number of rotatable bonds is 7. The van der Waals surface area contributed by atoms with Gasteiger partial charge in [-0.15, -0.1) is 11.8 Å². The van der Waals surface area contributed by atoms with E-state index in [4.69, 9.17) is 23.4 Å². The molecule has 6 heteroatoms. The second-order valence-electron chi connectivity index (χ2n) is 17.0. The van der Waals surface area contributed by atoms with E-state index in [2.05, 4.69) is 101 Å². The van der Waals surface area contributed by atoms with Crippen molar-refractivity contribution in [1.29, 1.82) is 0 Å². The highest BCUT2D eigenvalue weighted by Crippen LogP contribution is 2.67. The van der Waals surface area contributed by atoms with Crippen molar-refractivity contribution in [2.75, 3.05) is 27.6 Å². The molecule has 3 aliphatic rings. The zero-order chi connectivity index (χ0) is 38.3. The first-order chi connectivity index (χ1) is 26.4. The van der Waals surface area contributed by atoms with Crippen molar-refractivity contribution in [1.82, 2.24) is 0 Å². The summed E-state index contributed by atoms with van der Waals surface area (Å²) in [6.45, 7) is 9.85. The summed E-state index contributed by atoms with van der Waals surface area (Å²) < 4.78 is 31.2. The van der Waals surface area contributed by atoms with Gasteiger partial charge in [-0.1, -0.05) is 64.1 Å². The van der Waals surface area contributed by atoms with E-state index in [1.807, 2.05) is 48.2 Å². The fourth-order valence-electron chi connectivity index (χ4n) is 10.8. The molecule has 0 saturated heterocycles. The number of ether oxygens (including phenoxy) is 4. The lowest BCUT2D eigenvalue weighted by Gasteiger charge is -2.52. The molecule has 280 valence electrons. The van der Waals surface area contributed by atoms with Gasteiger partial charge >= 0.3 is 0 Å². The molecule has 1 aliphatic heterocycles. The fraction of sp³-hybridized carbons (Fsp3) is 0.306. The van der Waals surface area contributed by atoms with Gasteiger partial charge in [-0.2, -0.15) is 0 Å². The van der Waals surface area contributed by atoms with E-state index in [-0.39, 0.29) is 16.2 Å². The van der Waals surface area contributed by atoms with Crippen molar-refractivity contribution in [2.45, 2.75) is 62.9 Å². The molecule has 0 atom stereocenters. The molecule has 2 aliphatic carbocycles. The molecule has 0 radical (unpaired) electrons. The van der Waals surface area contributed by atoms with Crippen LogP contribution in [0.2, 0.25) is 0 Å². The molecule has 5 nitrogen and oxygen atoms in total. The maximum absolute atomic E-state index is 7.74. The van der Waals surface area contributed by atoms with Crippen LogP contribution in [0.1, 0.15) is 74.8 Å². The summed E-state index contributed by atoms with van der Waals surface area (Å²) in [5, 5.41) is 2.13. The summed E-state index contributed by atoms with van der Waals surface area (Å²) in [4.78, 5) is 1.29. The Morgan fingerprint density at radius 1 is 0.673 bits per heavy atom. The zero-order valence-electron chi connectivity index (χ0n) is 33.0. The highest BCUT2D eigenvalue weighted by atomic mass is 32.2. The maximum atomic E-state index is 7.74. The number of methoxy groups -OCH3 is 3. The van der Waals surface area contributed by atoms with Crippen LogP contribution >= 0.6 is 11.8 Å². The largest absolute Gasteiger partial charge is 0.497 e. The number of fused-ring (bicyclic) bond motifs is 10.